The van der Waals surface area contributed by atoms with Gasteiger partial charge < -0.3 is 9.51 Å². The fourth-order valence-corrected chi connectivity index (χ4v) is 4.04. The average molecular weight is 430 g/mol. The highest BCUT2D eigenvalue weighted by atomic mass is 32.2. The minimum atomic E-state index is -0.212. The van der Waals surface area contributed by atoms with Crippen molar-refractivity contribution in [3.63, 3.8) is 0 Å². The van der Waals surface area contributed by atoms with Crippen molar-refractivity contribution in [3.05, 3.63) is 82.1 Å². The van der Waals surface area contributed by atoms with Gasteiger partial charge in [-0.05, 0) is 36.6 Å². The van der Waals surface area contributed by atoms with Crippen LogP contribution in [-0.4, -0.2) is 25.1 Å². The molecule has 3 aromatic heterocycles. The molecular weight excluding hydrogens is 410 g/mol. The first kappa shape index (κ1) is 19.3. The quantitative estimate of drug-likeness (QED) is 0.305. The summed E-state index contributed by atoms with van der Waals surface area (Å²) in [6.45, 7) is 4.12. The number of aromatic nitrogens is 5. The Balaban J connectivity index is 1.39. The number of aryl methyl sites for hydroxylation is 2. The van der Waals surface area contributed by atoms with Crippen LogP contribution in [0.15, 0.2) is 69.2 Å². The number of hydrogen-bond donors (Lipinski definition) is 2. The van der Waals surface area contributed by atoms with Gasteiger partial charge >= 0.3 is 0 Å². The van der Waals surface area contributed by atoms with Crippen molar-refractivity contribution in [2.45, 2.75) is 24.8 Å². The number of benzene rings is 2. The Bertz CT molecular complexity index is 1440. The summed E-state index contributed by atoms with van der Waals surface area (Å²) in [4.78, 5) is 27.5. The van der Waals surface area contributed by atoms with Crippen LogP contribution in [0.4, 0.5) is 0 Å². The molecule has 0 aliphatic rings. The smallest absolute Gasteiger partial charge is 0.275 e. The third kappa shape index (κ3) is 3.77. The molecule has 7 nitrogen and oxygen atoms in total. The van der Waals surface area contributed by atoms with Gasteiger partial charge in [-0.1, -0.05) is 59.4 Å². The SMILES string of the molecule is Cc1ccc(-c2noc(CSc3nc4c(-c5ccccc5)c[nH]c4c(=O)[nH]3)n2)cc1C. The number of thioether (sulfide) groups is 1. The van der Waals surface area contributed by atoms with E-state index in [-0.39, 0.29) is 5.56 Å². The Hall–Kier alpha value is -3.65. The maximum absolute atomic E-state index is 12.5. The number of H-pyrrole nitrogens is 2. The Morgan fingerprint density at radius 1 is 1.00 bits per heavy atom. The van der Waals surface area contributed by atoms with Crippen LogP contribution in [0.5, 0.6) is 0 Å². The lowest BCUT2D eigenvalue weighted by atomic mass is 10.1. The van der Waals surface area contributed by atoms with E-state index >= 15 is 0 Å². The summed E-state index contributed by atoms with van der Waals surface area (Å²) in [5.41, 5.74) is 6.07. The van der Waals surface area contributed by atoms with Gasteiger partial charge in [-0.25, -0.2) is 4.98 Å². The van der Waals surface area contributed by atoms with Crippen LogP contribution >= 0.6 is 11.8 Å². The minimum Gasteiger partial charge on any atom is -0.355 e. The monoisotopic (exact) mass is 429 g/mol. The molecule has 0 spiro atoms. The highest BCUT2D eigenvalue weighted by Crippen LogP contribution is 2.28. The molecule has 5 rings (SSSR count). The fraction of sp³-hybridized carbons (Fsp3) is 0.130. The number of hydrogen-bond acceptors (Lipinski definition) is 6. The topological polar surface area (TPSA) is 100 Å². The standard InChI is InChI=1S/C23H19N5O2S/c1-13-8-9-16(10-14(13)2)21-25-18(30-28-21)12-31-23-26-19-17(15-6-4-3-5-7-15)11-24-20(19)22(29)27-23/h3-11,24H,12H2,1-2H3,(H,26,27,29). The normalized spacial score (nSPS) is 11.3. The van der Waals surface area contributed by atoms with Gasteiger partial charge in [0.15, 0.2) is 5.16 Å². The maximum Gasteiger partial charge on any atom is 0.275 e. The molecule has 0 aliphatic heterocycles. The number of aromatic amines is 2. The van der Waals surface area contributed by atoms with Gasteiger partial charge in [0, 0.05) is 17.3 Å². The first-order chi connectivity index (χ1) is 15.1. The van der Waals surface area contributed by atoms with Crippen LogP contribution in [0.25, 0.3) is 33.5 Å². The highest BCUT2D eigenvalue weighted by Gasteiger charge is 2.14. The van der Waals surface area contributed by atoms with Crippen LogP contribution in [-0.2, 0) is 5.75 Å². The summed E-state index contributed by atoms with van der Waals surface area (Å²) in [6.07, 6.45) is 1.81. The van der Waals surface area contributed by atoms with E-state index in [2.05, 4.69) is 38.9 Å². The Morgan fingerprint density at radius 3 is 2.65 bits per heavy atom. The number of rotatable bonds is 5. The summed E-state index contributed by atoms with van der Waals surface area (Å²) in [7, 11) is 0. The average Bonchev–Trinajstić information content (AvgIpc) is 3.42. The third-order valence-electron chi connectivity index (χ3n) is 5.16. The van der Waals surface area contributed by atoms with Crippen molar-refractivity contribution >= 4 is 22.8 Å². The highest BCUT2D eigenvalue weighted by molar-refractivity contribution is 7.98. The zero-order valence-electron chi connectivity index (χ0n) is 17.0. The van der Waals surface area contributed by atoms with Crippen LogP contribution in [0.3, 0.4) is 0 Å². The summed E-state index contributed by atoms with van der Waals surface area (Å²) < 4.78 is 5.40. The third-order valence-corrected chi connectivity index (χ3v) is 6.02. The second-order valence-electron chi connectivity index (χ2n) is 7.26. The van der Waals surface area contributed by atoms with Gasteiger partial charge in [0.2, 0.25) is 11.7 Å². The molecule has 3 heterocycles. The van der Waals surface area contributed by atoms with Gasteiger partial charge in [-0.3, -0.25) is 9.78 Å². The molecule has 8 heteroatoms. The lowest BCUT2D eigenvalue weighted by Gasteiger charge is -2.01. The van der Waals surface area contributed by atoms with E-state index in [1.807, 2.05) is 54.7 Å². The fourth-order valence-electron chi connectivity index (χ4n) is 3.34. The molecule has 2 N–H and O–H groups in total. The Morgan fingerprint density at radius 2 is 1.84 bits per heavy atom. The van der Waals surface area contributed by atoms with Crippen molar-refractivity contribution in [3.8, 4) is 22.5 Å². The molecule has 5 aromatic rings. The molecule has 0 fully saturated rings. The molecule has 31 heavy (non-hydrogen) atoms. The lowest BCUT2D eigenvalue weighted by Crippen LogP contribution is -2.09. The van der Waals surface area contributed by atoms with Crippen LogP contribution in [0.2, 0.25) is 0 Å². The van der Waals surface area contributed by atoms with E-state index in [1.54, 1.807) is 0 Å². The lowest BCUT2D eigenvalue weighted by molar-refractivity contribution is 0.391. The van der Waals surface area contributed by atoms with E-state index in [4.69, 9.17) is 4.52 Å². The van der Waals surface area contributed by atoms with E-state index < -0.39 is 0 Å². The van der Waals surface area contributed by atoms with E-state index in [0.29, 0.717) is 33.7 Å². The van der Waals surface area contributed by atoms with E-state index in [0.717, 1.165) is 16.7 Å². The predicted molar refractivity (Wildman–Crippen MR) is 121 cm³/mol. The van der Waals surface area contributed by atoms with Gasteiger partial charge in [-0.15, -0.1) is 0 Å². The van der Waals surface area contributed by atoms with Crippen molar-refractivity contribution in [1.29, 1.82) is 0 Å². The van der Waals surface area contributed by atoms with Crippen LogP contribution in [0, 0.1) is 13.8 Å². The van der Waals surface area contributed by atoms with Crippen LogP contribution < -0.4 is 5.56 Å². The summed E-state index contributed by atoms with van der Waals surface area (Å²) in [5.74, 6) is 1.42. The Kier molecular flexibility index (Phi) is 4.91. The van der Waals surface area contributed by atoms with E-state index in [9.17, 15) is 4.79 Å². The van der Waals surface area contributed by atoms with Crippen molar-refractivity contribution in [1.82, 2.24) is 25.1 Å². The second kappa shape index (κ2) is 7.88. The molecule has 154 valence electrons. The molecular formula is C23H19N5O2S. The minimum absolute atomic E-state index is 0.212. The first-order valence-electron chi connectivity index (χ1n) is 9.78. The number of fused-ring (bicyclic) bond motifs is 1. The zero-order chi connectivity index (χ0) is 21.4. The summed E-state index contributed by atoms with van der Waals surface area (Å²) in [5, 5.41) is 4.59. The largest absolute Gasteiger partial charge is 0.355 e. The van der Waals surface area contributed by atoms with Gasteiger partial charge in [0.05, 0.1) is 5.75 Å². The first-order valence-corrected chi connectivity index (χ1v) is 10.8. The summed E-state index contributed by atoms with van der Waals surface area (Å²) >= 11 is 1.35. The van der Waals surface area contributed by atoms with Crippen molar-refractivity contribution in [2.24, 2.45) is 0 Å². The Labute approximate surface area is 181 Å². The molecule has 2 aromatic carbocycles. The van der Waals surface area contributed by atoms with Crippen molar-refractivity contribution in [2.75, 3.05) is 0 Å². The number of nitrogens with one attached hydrogen (secondary N) is 2. The zero-order valence-corrected chi connectivity index (χ0v) is 17.8. The second-order valence-corrected chi connectivity index (χ2v) is 8.23. The molecule has 0 atom stereocenters. The molecule has 0 radical (unpaired) electrons. The molecule has 0 saturated carbocycles. The summed E-state index contributed by atoms with van der Waals surface area (Å²) in [6, 6.07) is 15.9. The number of nitrogens with zero attached hydrogens (tertiary/aromatic N) is 3. The van der Waals surface area contributed by atoms with Gasteiger partial charge in [-0.2, -0.15) is 4.98 Å². The van der Waals surface area contributed by atoms with Gasteiger partial charge in [0.1, 0.15) is 11.0 Å². The molecule has 0 saturated heterocycles. The molecule has 0 unspecified atom stereocenters. The molecule has 0 amide bonds. The van der Waals surface area contributed by atoms with E-state index in [1.165, 1.54) is 22.9 Å². The predicted octanol–water partition coefficient (Wildman–Crippen LogP) is 4.88. The molecule has 0 bridgehead atoms. The van der Waals surface area contributed by atoms with Crippen LogP contribution in [0.1, 0.15) is 17.0 Å². The van der Waals surface area contributed by atoms with Crippen molar-refractivity contribution < 1.29 is 4.52 Å². The molecule has 0 aliphatic carbocycles. The maximum atomic E-state index is 12.5. The van der Waals surface area contributed by atoms with Gasteiger partial charge in [0.25, 0.3) is 5.56 Å².